The van der Waals surface area contributed by atoms with Crippen molar-refractivity contribution in [2.75, 3.05) is 7.11 Å². The third-order valence-corrected chi connectivity index (χ3v) is 7.42. The van der Waals surface area contributed by atoms with Crippen LogP contribution < -0.4 is 5.32 Å². The largest absolute Gasteiger partial charge is 0.467 e. The molecule has 0 aromatic heterocycles. The van der Waals surface area contributed by atoms with Crippen LogP contribution >= 0.6 is 7.60 Å². The highest BCUT2D eigenvalue weighted by Gasteiger charge is 2.41. The van der Waals surface area contributed by atoms with E-state index in [1.54, 1.807) is 0 Å². The Balaban J connectivity index is 1.85. The standard InChI is InChI=1S/C27H30NO7P/c1-21(26(29)32-2)35-36(31,34-20-24-16-10-5-11-17-24)25(18-22-12-6-3-7-13-22)28-27(30)33-19-23-14-8-4-9-15-23/h3-17,21,25H,18-20H2,1-2H3,(H,28,30)/t21-,25?,36?/m0/s1. The van der Waals surface area contributed by atoms with Gasteiger partial charge in [0.25, 0.3) is 0 Å². The molecule has 0 aliphatic rings. The number of hydrogen-bond donors (Lipinski definition) is 1. The number of alkyl carbamates (subject to hydrolysis) is 1. The van der Waals surface area contributed by atoms with Crippen LogP contribution in [-0.2, 0) is 47.5 Å². The number of carbonyl (C=O) groups excluding carboxylic acids is 2. The second kappa shape index (κ2) is 13.6. The minimum Gasteiger partial charge on any atom is -0.467 e. The predicted molar refractivity (Wildman–Crippen MR) is 135 cm³/mol. The van der Waals surface area contributed by atoms with E-state index in [-0.39, 0.29) is 19.6 Å². The van der Waals surface area contributed by atoms with E-state index in [2.05, 4.69) is 5.32 Å². The van der Waals surface area contributed by atoms with Gasteiger partial charge in [0.2, 0.25) is 0 Å². The summed E-state index contributed by atoms with van der Waals surface area (Å²) in [5.41, 5.74) is 2.33. The lowest BCUT2D eigenvalue weighted by atomic mass is 10.1. The van der Waals surface area contributed by atoms with Gasteiger partial charge in [-0.3, -0.25) is 9.09 Å². The number of rotatable bonds is 12. The topological polar surface area (TPSA) is 100 Å². The predicted octanol–water partition coefficient (Wildman–Crippen LogP) is 5.47. The molecule has 0 aliphatic heterocycles. The first-order valence-corrected chi connectivity index (χ1v) is 13.1. The molecule has 190 valence electrons. The average molecular weight is 512 g/mol. The average Bonchev–Trinajstić information content (AvgIpc) is 2.91. The highest BCUT2D eigenvalue weighted by molar-refractivity contribution is 7.54. The zero-order valence-corrected chi connectivity index (χ0v) is 21.1. The zero-order valence-electron chi connectivity index (χ0n) is 20.2. The molecule has 2 unspecified atom stereocenters. The van der Waals surface area contributed by atoms with Crippen LogP contribution in [0.15, 0.2) is 91.0 Å². The van der Waals surface area contributed by atoms with Crippen molar-refractivity contribution in [3.05, 3.63) is 108 Å². The first-order chi connectivity index (χ1) is 17.4. The molecule has 9 heteroatoms. The van der Waals surface area contributed by atoms with Crippen molar-refractivity contribution in [3.8, 4) is 0 Å². The lowest BCUT2D eigenvalue weighted by molar-refractivity contribution is -0.148. The number of benzene rings is 3. The van der Waals surface area contributed by atoms with Gasteiger partial charge in [-0.05, 0) is 23.6 Å². The van der Waals surface area contributed by atoms with Crippen LogP contribution in [0.5, 0.6) is 0 Å². The fourth-order valence-corrected chi connectivity index (χ4v) is 5.28. The fourth-order valence-electron chi connectivity index (χ4n) is 3.34. The minimum atomic E-state index is -4.15. The quantitative estimate of drug-likeness (QED) is 0.254. The lowest BCUT2D eigenvalue weighted by Crippen LogP contribution is -2.39. The molecule has 0 fully saturated rings. The molecule has 3 atom stereocenters. The van der Waals surface area contributed by atoms with Crippen LogP contribution in [0.25, 0.3) is 0 Å². The van der Waals surface area contributed by atoms with Crippen LogP contribution in [0.3, 0.4) is 0 Å². The first kappa shape index (κ1) is 27.1. The number of amides is 1. The van der Waals surface area contributed by atoms with Gasteiger partial charge in [-0.1, -0.05) is 91.0 Å². The maximum Gasteiger partial charge on any atom is 0.408 e. The second-order valence-electron chi connectivity index (χ2n) is 7.98. The van der Waals surface area contributed by atoms with Gasteiger partial charge < -0.3 is 19.3 Å². The van der Waals surface area contributed by atoms with Gasteiger partial charge in [0.15, 0.2) is 6.10 Å². The summed E-state index contributed by atoms with van der Waals surface area (Å²) in [4.78, 5) is 24.8. The summed E-state index contributed by atoms with van der Waals surface area (Å²) in [7, 11) is -2.94. The fraction of sp³-hybridized carbons (Fsp3) is 0.259. The summed E-state index contributed by atoms with van der Waals surface area (Å²) >= 11 is 0. The molecule has 3 rings (SSSR count). The number of hydrogen-bond acceptors (Lipinski definition) is 7. The van der Waals surface area contributed by atoms with Gasteiger partial charge >= 0.3 is 19.7 Å². The van der Waals surface area contributed by atoms with E-state index in [0.717, 1.165) is 16.7 Å². The van der Waals surface area contributed by atoms with Crippen molar-refractivity contribution in [3.63, 3.8) is 0 Å². The van der Waals surface area contributed by atoms with E-state index < -0.39 is 31.5 Å². The normalized spacial score (nSPS) is 14.2. The Morgan fingerprint density at radius 2 is 1.31 bits per heavy atom. The number of nitrogens with one attached hydrogen (secondary N) is 1. The van der Waals surface area contributed by atoms with Crippen molar-refractivity contribution < 1.29 is 32.7 Å². The molecule has 3 aromatic carbocycles. The molecule has 0 saturated carbocycles. The van der Waals surface area contributed by atoms with Gasteiger partial charge in [-0.15, -0.1) is 0 Å². The highest BCUT2D eigenvalue weighted by atomic mass is 31.2. The second-order valence-corrected chi connectivity index (χ2v) is 10.2. The number of ether oxygens (including phenoxy) is 2. The van der Waals surface area contributed by atoms with Crippen molar-refractivity contribution in [1.82, 2.24) is 5.32 Å². The van der Waals surface area contributed by atoms with Gasteiger partial charge in [0.1, 0.15) is 12.4 Å². The summed E-state index contributed by atoms with van der Waals surface area (Å²) in [6.07, 6.45) is -1.88. The molecule has 0 aliphatic carbocycles. The van der Waals surface area contributed by atoms with Gasteiger partial charge in [-0.2, -0.15) is 0 Å². The SMILES string of the molecule is COC(=O)[C@H](C)OP(=O)(OCc1ccccc1)C(Cc1ccccc1)NC(=O)OCc1ccccc1. The Morgan fingerprint density at radius 1 is 0.806 bits per heavy atom. The number of carbonyl (C=O) groups is 2. The number of esters is 1. The molecule has 0 radical (unpaired) electrons. The maximum atomic E-state index is 14.2. The van der Waals surface area contributed by atoms with Crippen molar-refractivity contribution in [2.24, 2.45) is 0 Å². The van der Waals surface area contributed by atoms with E-state index in [1.807, 2.05) is 91.0 Å². The summed E-state index contributed by atoms with van der Waals surface area (Å²) in [6.45, 7) is 1.38. The molecular weight excluding hydrogens is 481 g/mol. The molecule has 1 amide bonds. The van der Waals surface area contributed by atoms with Crippen molar-refractivity contribution >= 4 is 19.7 Å². The Labute approximate surface area is 211 Å². The Morgan fingerprint density at radius 3 is 1.83 bits per heavy atom. The summed E-state index contributed by atoms with van der Waals surface area (Å²) in [6, 6.07) is 27.4. The highest BCUT2D eigenvalue weighted by Crippen LogP contribution is 2.55. The molecule has 36 heavy (non-hydrogen) atoms. The van der Waals surface area contributed by atoms with Crippen LogP contribution in [0.2, 0.25) is 0 Å². The summed E-state index contributed by atoms with van der Waals surface area (Å²) in [5, 5.41) is 2.65. The lowest BCUT2D eigenvalue weighted by Gasteiger charge is -2.29. The molecule has 0 bridgehead atoms. The van der Waals surface area contributed by atoms with Gasteiger partial charge in [0.05, 0.1) is 13.7 Å². The summed E-state index contributed by atoms with van der Waals surface area (Å²) in [5.74, 6) is -1.86. The van der Waals surface area contributed by atoms with E-state index in [0.29, 0.717) is 0 Å². The number of methoxy groups -OCH3 is 1. The van der Waals surface area contributed by atoms with Crippen LogP contribution in [0, 0.1) is 0 Å². The summed E-state index contributed by atoms with van der Waals surface area (Å²) < 4.78 is 35.8. The van der Waals surface area contributed by atoms with Gasteiger partial charge in [0, 0.05) is 6.42 Å². The molecule has 0 saturated heterocycles. The van der Waals surface area contributed by atoms with Crippen LogP contribution in [0.4, 0.5) is 4.79 Å². The Kier molecular flexibility index (Phi) is 10.2. The monoisotopic (exact) mass is 511 g/mol. The molecule has 8 nitrogen and oxygen atoms in total. The maximum absolute atomic E-state index is 14.2. The van der Waals surface area contributed by atoms with Crippen molar-refractivity contribution in [1.29, 1.82) is 0 Å². The molecule has 0 heterocycles. The Hall–Kier alpha value is -3.45. The minimum absolute atomic E-state index is 0.0271. The molecule has 3 aromatic rings. The Bertz CT molecular complexity index is 1140. The third kappa shape index (κ3) is 8.34. The van der Waals surface area contributed by atoms with Gasteiger partial charge in [-0.25, -0.2) is 9.59 Å². The smallest absolute Gasteiger partial charge is 0.408 e. The van der Waals surface area contributed by atoms with Crippen molar-refractivity contribution in [2.45, 2.75) is 38.4 Å². The zero-order chi connectivity index (χ0) is 25.8. The third-order valence-electron chi connectivity index (χ3n) is 5.24. The molecular formula is C27H30NO7P. The molecule has 1 N–H and O–H groups in total. The van der Waals surface area contributed by atoms with E-state index in [9.17, 15) is 14.2 Å². The van der Waals surface area contributed by atoms with E-state index in [1.165, 1.54) is 14.0 Å². The van der Waals surface area contributed by atoms with Crippen LogP contribution in [0.1, 0.15) is 23.6 Å². The first-order valence-electron chi connectivity index (χ1n) is 11.4. The van der Waals surface area contributed by atoms with Crippen LogP contribution in [-0.4, -0.2) is 31.1 Å². The molecule has 0 spiro atoms. The van der Waals surface area contributed by atoms with E-state index >= 15 is 0 Å². The van der Waals surface area contributed by atoms with E-state index in [4.69, 9.17) is 18.5 Å².